The van der Waals surface area contributed by atoms with Gasteiger partial charge in [0.05, 0.1) is 20.1 Å². The van der Waals surface area contributed by atoms with Crippen molar-refractivity contribution in [2.45, 2.75) is 12.8 Å². The summed E-state index contributed by atoms with van der Waals surface area (Å²) in [6.07, 6.45) is 1.68. The molecule has 1 fully saturated rings. The number of hydrogen-bond acceptors (Lipinski definition) is 7. The summed E-state index contributed by atoms with van der Waals surface area (Å²) in [6.45, 7) is 1.30. The topological polar surface area (TPSA) is 89.7 Å². The number of hydrogen-bond donors (Lipinski definition) is 1. The standard InChI is InChI=1S/C22H24N4O4/c1-28-18-10-8-15(9-11-18)20-24-22(30-25-20)26-12-4-5-16(14-26)21(27)23-17-6-3-7-19(13-17)29-2/h3,6-11,13,16H,4-5,12,14H2,1-2H3,(H,23,27). The number of rotatable bonds is 6. The fraction of sp³-hybridized carbons (Fsp3) is 0.318. The van der Waals surface area contributed by atoms with E-state index in [9.17, 15) is 4.79 Å². The molecule has 0 radical (unpaired) electrons. The van der Waals surface area contributed by atoms with Crippen LogP contribution in [0, 0.1) is 5.92 Å². The van der Waals surface area contributed by atoms with E-state index >= 15 is 0 Å². The Bertz CT molecular complexity index is 1000. The molecule has 3 aromatic rings. The van der Waals surface area contributed by atoms with Crippen molar-refractivity contribution in [1.82, 2.24) is 10.1 Å². The maximum atomic E-state index is 12.8. The number of carbonyl (C=O) groups excluding carboxylic acids is 1. The Morgan fingerprint density at radius 3 is 2.70 bits per heavy atom. The molecule has 1 unspecified atom stereocenters. The van der Waals surface area contributed by atoms with Crippen LogP contribution in [0.5, 0.6) is 11.5 Å². The highest BCUT2D eigenvalue weighted by Crippen LogP contribution is 2.27. The lowest BCUT2D eigenvalue weighted by Gasteiger charge is -2.30. The summed E-state index contributed by atoms with van der Waals surface area (Å²) in [7, 11) is 3.23. The van der Waals surface area contributed by atoms with Crippen molar-refractivity contribution in [3.63, 3.8) is 0 Å². The van der Waals surface area contributed by atoms with Gasteiger partial charge in [0.2, 0.25) is 11.7 Å². The first kappa shape index (κ1) is 19.8. The maximum Gasteiger partial charge on any atom is 0.324 e. The molecule has 156 valence electrons. The van der Waals surface area contributed by atoms with E-state index in [0.29, 0.717) is 24.1 Å². The Balaban J connectivity index is 1.42. The highest BCUT2D eigenvalue weighted by molar-refractivity contribution is 5.93. The summed E-state index contributed by atoms with van der Waals surface area (Å²) < 4.78 is 15.9. The van der Waals surface area contributed by atoms with Gasteiger partial charge >= 0.3 is 6.01 Å². The number of aromatic nitrogens is 2. The average Bonchev–Trinajstić information content (AvgIpc) is 3.30. The van der Waals surface area contributed by atoms with Crippen molar-refractivity contribution in [2.75, 3.05) is 37.5 Å². The van der Waals surface area contributed by atoms with E-state index in [4.69, 9.17) is 14.0 Å². The van der Waals surface area contributed by atoms with Gasteiger partial charge in [-0.05, 0) is 49.2 Å². The van der Waals surface area contributed by atoms with Gasteiger partial charge in [-0.1, -0.05) is 11.2 Å². The van der Waals surface area contributed by atoms with Gasteiger partial charge in [0.1, 0.15) is 11.5 Å². The summed E-state index contributed by atoms with van der Waals surface area (Å²) in [5.41, 5.74) is 1.56. The highest BCUT2D eigenvalue weighted by Gasteiger charge is 2.28. The highest BCUT2D eigenvalue weighted by atomic mass is 16.5. The number of carbonyl (C=O) groups is 1. The van der Waals surface area contributed by atoms with Crippen LogP contribution >= 0.6 is 0 Å². The van der Waals surface area contributed by atoms with Gasteiger partial charge in [0, 0.05) is 30.4 Å². The van der Waals surface area contributed by atoms with Gasteiger partial charge in [-0.2, -0.15) is 4.98 Å². The van der Waals surface area contributed by atoms with Crippen LogP contribution in [-0.2, 0) is 4.79 Å². The van der Waals surface area contributed by atoms with Gasteiger partial charge in [0.15, 0.2) is 0 Å². The van der Waals surface area contributed by atoms with Crippen molar-refractivity contribution in [3.8, 4) is 22.9 Å². The van der Waals surface area contributed by atoms with Crippen molar-refractivity contribution in [1.29, 1.82) is 0 Å². The zero-order valence-corrected chi connectivity index (χ0v) is 17.0. The van der Waals surface area contributed by atoms with Crippen LogP contribution in [0.1, 0.15) is 12.8 Å². The minimum Gasteiger partial charge on any atom is -0.497 e. The molecule has 8 nitrogen and oxygen atoms in total. The Hall–Kier alpha value is -3.55. The number of methoxy groups -OCH3 is 2. The molecule has 4 rings (SSSR count). The Labute approximate surface area is 174 Å². The van der Waals surface area contributed by atoms with Crippen LogP contribution in [-0.4, -0.2) is 43.4 Å². The molecule has 1 amide bonds. The zero-order valence-electron chi connectivity index (χ0n) is 17.0. The van der Waals surface area contributed by atoms with Crippen LogP contribution in [0.3, 0.4) is 0 Å². The third kappa shape index (κ3) is 4.37. The number of nitrogens with zero attached hydrogens (tertiary/aromatic N) is 3. The first-order valence-corrected chi connectivity index (χ1v) is 9.84. The van der Waals surface area contributed by atoms with Crippen molar-refractivity contribution >= 4 is 17.6 Å². The lowest BCUT2D eigenvalue weighted by Crippen LogP contribution is -2.41. The van der Waals surface area contributed by atoms with Crippen LogP contribution < -0.4 is 19.7 Å². The summed E-state index contributed by atoms with van der Waals surface area (Å²) in [5.74, 6) is 1.79. The molecule has 0 aliphatic carbocycles. The Morgan fingerprint density at radius 2 is 1.93 bits per heavy atom. The number of benzene rings is 2. The van der Waals surface area contributed by atoms with Crippen molar-refractivity contribution in [3.05, 3.63) is 48.5 Å². The largest absolute Gasteiger partial charge is 0.497 e. The fourth-order valence-corrected chi connectivity index (χ4v) is 3.51. The molecule has 1 aliphatic heterocycles. The molecule has 1 aromatic heterocycles. The Morgan fingerprint density at radius 1 is 1.13 bits per heavy atom. The smallest absolute Gasteiger partial charge is 0.324 e. The molecular formula is C22H24N4O4. The van der Waals surface area contributed by atoms with Crippen LogP contribution in [0.4, 0.5) is 11.7 Å². The summed E-state index contributed by atoms with van der Waals surface area (Å²) in [5, 5.41) is 7.07. The van der Waals surface area contributed by atoms with Gasteiger partial charge in [-0.15, -0.1) is 0 Å². The molecular weight excluding hydrogens is 384 g/mol. The molecule has 0 bridgehead atoms. The zero-order chi connectivity index (χ0) is 20.9. The molecule has 2 aromatic carbocycles. The summed E-state index contributed by atoms with van der Waals surface area (Å²) in [6, 6.07) is 15.2. The van der Waals surface area contributed by atoms with E-state index in [2.05, 4.69) is 15.5 Å². The first-order valence-electron chi connectivity index (χ1n) is 9.84. The minimum atomic E-state index is -0.165. The predicted molar refractivity (Wildman–Crippen MR) is 113 cm³/mol. The normalized spacial score (nSPS) is 16.2. The number of anilines is 2. The molecule has 0 saturated carbocycles. The van der Waals surface area contributed by atoms with Gasteiger partial charge < -0.3 is 24.2 Å². The summed E-state index contributed by atoms with van der Waals surface area (Å²) in [4.78, 5) is 19.3. The van der Waals surface area contributed by atoms with Crippen LogP contribution in [0.2, 0.25) is 0 Å². The molecule has 1 atom stereocenters. The van der Waals surface area contributed by atoms with Gasteiger partial charge in [-0.3, -0.25) is 4.79 Å². The van der Waals surface area contributed by atoms with Crippen LogP contribution in [0.25, 0.3) is 11.4 Å². The molecule has 1 saturated heterocycles. The van der Waals surface area contributed by atoms with Crippen LogP contribution in [0.15, 0.2) is 53.1 Å². The van der Waals surface area contributed by atoms with E-state index in [1.165, 1.54) is 0 Å². The van der Waals surface area contributed by atoms with E-state index in [-0.39, 0.29) is 11.8 Å². The molecule has 1 N–H and O–H groups in total. The number of nitrogens with one attached hydrogen (secondary N) is 1. The molecule has 2 heterocycles. The van der Waals surface area contributed by atoms with E-state index in [0.717, 1.165) is 36.4 Å². The van der Waals surface area contributed by atoms with E-state index in [1.807, 2.05) is 47.4 Å². The second kappa shape index (κ2) is 8.86. The van der Waals surface area contributed by atoms with Crippen molar-refractivity contribution < 1.29 is 18.8 Å². The molecule has 0 spiro atoms. The molecule has 30 heavy (non-hydrogen) atoms. The second-order valence-electron chi connectivity index (χ2n) is 7.14. The second-order valence-corrected chi connectivity index (χ2v) is 7.14. The minimum absolute atomic E-state index is 0.0251. The third-order valence-electron chi connectivity index (χ3n) is 5.16. The predicted octanol–water partition coefficient (Wildman–Crippen LogP) is 3.61. The quantitative estimate of drug-likeness (QED) is 0.666. The maximum absolute atomic E-state index is 12.8. The van der Waals surface area contributed by atoms with E-state index in [1.54, 1.807) is 20.3 Å². The van der Waals surface area contributed by atoms with Gasteiger partial charge in [0.25, 0.3) is 0 Å². The average molecular weight is 408 g/mol. The van der Waals surface area contributed by atoms with Crippen molar-refractivity contribution in [2.24, 2.45) is 5.92 Å². The lowest BCUT2D eigenvalue weighted by molar-refractivity contribution is -0.120. The Kier molecular flexibility index (Phi) is 5.83. The third-order valence-corrected chi connectivity index (χ3v) is 5.16. The first-order chi connectivity index (χ1) is 14.7. The monoisotopic (exact) mass is 408 g/mol. The van der Waals surface area contributed by atoms with E-state index < -0.39 is 0 Å². The number of ether oxygens (including phenoxy) is 2. The lowest BCUT2D eigenvalue weighted by atomic mass is 9.97. The fourth-order valence-electron chi connectivity index (χ4n) is 3.51. The molecule has 1 aliphatic rings. The SMILES string of the molecule is COc1ccc(-c2noc(N3CCCC(C(=O)Nc4cccc(OC)c4)C3)n2)cc1. The molecule has 8 heteroatoms. The summed E-state index contributed by atoms with van der Waals surface area (Å²) >= 11 is 0. The van der Waals surface area contributed by atoms with Gasteiger partial charge in [-0.25, -0.2) is 0 Å². The number of amides is 1. The number of piperidine rings is 1.